The van der Waals surface area contributed by atoms with Crippen LogP contribution >= 0.6 is 0 Å². The Morgan fingerprint density at radius 2 is 1.79 bits per heavy atom. The topological polar surface area (TPSA) is 85.9 Å². The number of carbonyl (C=O) groups excluding carboxylic acids is 2. The van der Waals surface area contributed by atoms with Crippen molar-refractivity contribution in [2.75, 3.05) is 32.7 Å². The van der Waals surface area contributed by atoms with Gasteiger partial charge in [-0.05, 0) is 43.2 Å². The quantitative estimate of drug-likeness (QED) is 0.767. The van der Waals surface area contributed by atoms with Gasteiger partial charge in [0.2, 0.25) is 0 Å². The maximum atomic E-state index is 12.8. The number of hydrogen-bond donors (Lipinski definition) is 2. The zero-order chi connectivity index (χ0) is 19.9. The molecule has 0 aliphatic carbocycles. The lowest BCUT2D eigenvalue weighted by Gasteiger charge is -2.14. The van der Waals surface area contributed by atoms with Gasteiger partial charge < -0.3 is 24.8 Å². The van der Waals surface area contributed by atoms with Crippen LogP contribution in [0.15, 0.2) is 42.5 Å². The number of anilines is 1. The highest BCUT2D eigenvalue weighted by Crippen LogP contribution is 2.29. The van der Waals surface area contributed by atoms with Gasteiger partial charge in [-0.3, -0.25) is 9.59 Å². The fourth-order valence-electron chi connectivity index (χ4n) is 3.12. The van der Waals surface area contributed by atoms with Gasteiger partial charge in [-0.15, -0.1) is 0 Å². The second kappa shape index (κ2) is 9.23. The van der Waals surface area contributed by atoms with Crippen molar-refractivity contribution in [3.8, 4) is 11.5 Å². The van der Waals surface area contributed by atoms with E-state index in [0.717, 1.165) is 19.4 Å². The van der Waals surface area contributed by atoms with Crippen LogP contribution < -0.4 is 20.1 Å². The first-order chi connectivity index (χ1) is 13.6. The van der Waals surface area contributed by atoms with Crippen LogP contribution in [0.25, 0.3) is 0 Å². The molecule has 1 aliphatic heterocycles. The molecule has 0 radical (unpaired) electrons. The van der Waals surface area contributed by atoms with Crippen molar-refractivity contribution in [2.24, 2.45) is 0 Å². The highest BCUT2D eigenvalue weighted by atomic mass is 16.5. The van der Waals surface area contributed by atoms with Gasteiger partial charge in [0, 0.05) is 24.4 Å². The van der Waals surface area contributed by atoms with E-state index in [4.69, 9.17) is 14.2 Å². The van der Waals surface area contributed by atoms with Gasteiger partial charge in [0.25, 0.3) is 11.8 Å². The highest BCUT2D eigenvalue weighted by Gasteiger charge is 2.19. The molecule has 0 aromatic heterocycles. The number of carbonyl (C=O) groups is 2. The molecule has 2 amide bonds. The molecule has 1 atom stereocenters. The van der Waals surface area contributed by atoms with Crippen LogP contribution in [-0.2, 0) is 4.74 Å². The average Bonchev–Trinajstić information content (AvgIpc) is 3.25. The summed E-state index contributed by atoms with van der Waals surface area (Å²) in [5, 5.41) is 5.67. The molecule has 0 bridgehead atoms. The summed E-state index contributed by atoms with van der Waals surface area (Å²) in [7, 11) is 2.98. The predicted octanol–water partition coefficient (Wildman–Crippen LogP) is 2.86. The molecule has 1 aliphatic rings. The maximum Gasteiger partial charge on any atom is 0.263 e. The molecule has 2 aromatic carbocycles. The van der Waals surface area contributed by atoms with Gasteiger partial charge in [0.15, 0.2) is 0 Å². The number of amides is 2. The van der Waals surface area contributed by atoms with Crippen LogP contribution in [-0.4, -0.2) is 45.3 Å². The van der Waals surface area contributed by atoms with Crippen LogP contribution in [0.5, 0.6) is 11.5 Å². The smallest absolute Gasteiger partial charge is 0.263 e. The molecule has 0 unspecified atom stereocenters. The normalized spacial score (nSPS) is 15.7. The van der Waals surface area contributed by atoms with E-state index in [0.29, 0.717) is 34.9 Å². The third-order valence-electron chi connectivity index (χ3n) is 4.55. The number of rotatable bonds is 7. The van der Waals surface area contributed by atoms with Gasteiger partial charge in [-0.1, -0.05) is 12.1 Å². The molecular weight excluding hydrogens is 360 g/mol. The summed E-state index contributed by atoms with van der Waals surface area (Å²) in [6, 6.07) is 11.9. The van der Waals surface area contributed by atoms with E-state index in [-0.39, 0.29) is 17.9 Å². The fraction of sp³-hybridized carbons (Fsp3) is 0.333. The number of benzene rings is 2. The van der Waals surface area contributed by atoms with E-state index in [9.17, 15) is 9.59 Å². The molecular formula is C21H24N2O5. The summed E-state index contributed by atoms with van der Waals surface area (Å²) in [5.41, 5.74) is 1.26. The molecule has 7 heteroatoms. The van der Waals surface area contributed by atoms with Crippen LogP contribution in [0, 0.1) is 0 Å². The Bertz CT molecular complexity index is 824. The minimum absolute atomic E-state index is 0.0739. The van der Waals surface area contributed by atoms with Crippen LogP contribution in [0.4, 0.5) is 5.69 Å². The molecule has 3 rings (SSSR count). The van der Waals surface area contributed by atoms with Crippen molar-refractivity contribution < 1.29 is 23.8 Å². The van der Waals surface area contributed by atoms with Crippen molar-refractivity contribution >= 4 is 17.5 Å². The van der Waals surface area contributed by atoms with E-state index >= 15 is 0 Å². The number of nitrogens with one attached hydrogen (secondary N) is 2. The number of methoxy groups -OCH3 is 2. The molecule has 1 fully saturated rings. The third-order valence-corrected chi connectivity index (χ3v) is 4.55. The maximum absolute atomic E-state index is 12.8. The summed E-state index contributed by atoms with van der Waals surface area (Å²) < 4.78 is 16.1. The van der Waals surface area contributed by atoms with Gasteiger partial charge in [-0.2, -0.15) is 0 Å². The Hall–Kier alpha value is -3.06. The first kappa shape index (κ1) is 19.7. The lowest BCUT2D eigenvalue weighted by Crippen LogP contribution is -2.31. The molecule has 0 saturated carbocycles. The zero-order valence-electron chi connectivity index (χ0n) is 16.0. The molecule has 148 valence electrons. The minimum atomic E-state index is -0.383. The zero-order valence-corrected chi connectivity index (χ0v) is 16.0. The van der Waals surface area contributed by atoms with Crippen molar-refractivity contribution in [2.45, 2.75) is 18.9 Å². The molecule has 7 nitrogen and oxygen atoms in total. The SMILES string of the molecule is COc1cccc(OC)c1C(=O)Nc1cccc(C(=O)NC[C@@H]2CCCO2)c1. The Labute approximate surface area is 164 Å². The summed E-state index contributed by atoms with van der Waals surface area (Å²) in [5.74, 6) is 0.220. The Morgan fingerprint density at radius 1 is 1.07 bits per heavy atom. The van der Waals surface area contributed by atoms with E-state index in [1.165, 1.54) is 14.2 Å². The summed E-state index contributed by atoms with van der Waals surface area (Å²) in [4.78, 5) is 25.2. The predicted molar refractivity (Wildman–Crippen MR) is 105 cm³/mol. The van der Waals surface area contributed by atoms with E-state index in [1.54, 1.807) is 42.5 Å². The van der Waals surface area contributed by atoms with Gasteiger partial charge in [0.05, 0.1) is 20.3 Å². The fourth-order valence-corrected chi connectivity index (χ4v) is 3.12. The van der Waals surface area contributed by atoms with Crippen molar-refractivity contribution in [1.29, 1.82) is 0 Å². The lowest BCUT2D eigenvalue weighted by atomic mass is 10.1. The van der Waals surface area contributed by atoms with E-state index < -0.39 is 0 Å². The van der Waals surface area contributed by atoms with E-state index in [1.807, 2.05) is 0 Å². The first-order valence-corrected chi connectivity index (χ1v) is 9.14. The molecule has 0 spiro atoms. The summed E-state index contributed by atoms with van der Waals surface area (Å²) in [6.07, 6.45) is 2.05. The Balaban J connectivity index is 1.70. The number of hydrogen-bond acceptors (Lipinski definition) is 5. The summed E-state index contributed by atoms with van der Waals surface area (Å²) >= 11 is 0. The second-order valence-corrected chi connectivity index (χ2v) is 6.42. The average molecular weight is 384 g/mol. The highest BCUT2D eigenvalue weighted by molar-refractivity contribution is 6.08. The monoisotopic (exact) mass is 384 g/mol. The molecule has 28 heavy (non-hydrogen) atoms. The molecule has 2 N–H and O–H groups in total. The summed E-state index contributed by atoms with van der Waals surface area (Å²) in [6.45, 7) is 1.22. The molecule has 1 saturated heterocycles. The van der Waals surface area contributed by atoms with Crippen molar-refractivity contribution in [3.63, 3.8) is 0 Å². The molecule has 1 heterocycles. The van der Waals surface area contributed by atoms with Gasteiger partial charge >= 0.3 is 0 Å². The number of ether oxygens (including phenoxy) is 3. The van der Waals surface area contributed by atoms with Crippen molar-refractivity contribution in [3.05, 3.63) is 53.6 Å². The minimum Gasteiger partial charge on any atom is -0.496 e. The largest absolute Gasteiger partial charge is 0.496 e. The second-order valence-electron chi connectivity index (χ2n) is 6.42. The Morgan fingerprint density at radius 3 is 2.43 bits per heavy atom. The lowest BCUT2D eigenvalue weighted by molar-refractivity contribution is 0.0857. The van der Waals surface area contributed by atoms with Crippen LogP contribution in [0.1, 0.15) is 33.6 Å². The first-order valence-electron chi connectivity index (χ1n) is 9.14. The van der Waals surface area contributed by atoms with Crippen LogP contribution in [0.2, 0.25) is 0 Å². The van der Waals surface area contributed by atoms with Crippen LogP contribution in [0.3, 0.4) is 0 Å². The van der Waals surface area contributed by atoms with Crippen molar-refractivity contribution in [1.82, 2.24) is 5.32 Å². The standard InChI is InChI=1S/C21H24N2O5/c1-26-17-9-4-10-18(27-2)19(17)21(25)23-15-7-3-6-14(12-15)20(24)22-13-16-8-5-11-28-16/h3-4,6-7,9-10,12,16H,5,8,11,13H2,1-2H3,(H,22,24)(H,23,25)/t16-/m0/s1. The third kappa shape index (κ3) is 4.61. The van der Waals surface area contributed by atoms with E-state index in [2.05, 4.69) is 10.6 Å². The van der Waals surface area contributed by atoms with Gasteiger partial charge in [-0.25, -0.2) is 0 Å². The Kier molecular flexibility index (Phi) is 6.49. The molecule has 2 aromatic rings. The van der Waals surface area contributed by atoms with Gasteiger partial charge in [0.1, 0.15) is 17.1 Å².